The zero-order valence-electron chi connectivity index (χ0n) is 10.0. The van der Waals surface area contributed by atoms with Crippen molar-refractivity contribution in [1.82, 2.24) is 25.1 Å². The van der Waals surface area contributed by atoms with E-state index in [1.807, 2.05) is 21.0 Å². The van der Waals surface area contributed by atoms with Crippen LogP contribution in [-0.2, 0) is 7.05 Å². The second-order valence-corrected chi connectivity index (χ2v) is 4.68. The summed E-state index contributed by atoms with van der Waals surface area (Å²) in [5.41, 5.74) is 0. The molecule has 90 valence electrons. The second-order valence-electron chi connectivity index (χ2n) is 4.68. The van der Waals surface area contributed by atoms with Crippen LogP contribution >= 0.6 is 0 Å². The zero-order valence-corrected chi connectivity index (χ0v) is 10.0. The summed E-state index contributed by atoms with van der Waals surface area (Å²) in [6, 6.07) is 0.119. The summed E-state index contributed by atoms with van der Waals surface area (Å²) in [6.45, 7) is 2.73. The lowest BCUT2D eigenvalue weighted by atomic mass is 10.2. The first-order chi connectivity index (χ1) is 7.59. The molecule has 6 heteroatoms. The molecule has 0 amide bonds. The van der Waals surface area contributed by atoms with E-state index in [1.54, 1.807) is 4.68 Å². The number of nitrogens with zero attached hydrogens (tertiary/aromatic N) is 5. The van der Waals surface area contributed by atoms with Crippen LogP contribution in [0.4, 0.5) is 0 Å². The highest BCUT2D eigenvalue weighted by atomic mass is 16.3. The van der Waals surface area contributed by atoms with E-state index in [2.05, 4.69) is 20.4 Å². The monoisotopic (exact) mass is 225 g/mol. The third-order valence-corrected chi connectivity index (χ3v) is 3.33. The van der Waals surface area contributed by atoms with Crippen LogP contribution in [0.3, 0.4) is 0 Å². The highest BCUT2D eigenvalue weighted by Crippen LogP contribution is 2.33. The number of tetrazole rings is 1. The Bertz CT molecular complexity index is 349. The lowest BCUT2D eigenvalue weighted by Crippen LogP contribution is -2.33. The van der Waals surface area contributed by atoms with Gasteiger partial charge in [0, 0.05) is 13.6 Å². The van der Waals surface area contributed by atoms with Gasteiger partial charge in [-0.25, -0.2) is 4.68 Å². The number of aliphatic hydroxyl groups is 1. The Morgan fingerprint density at radius 1 is 1.56 bits per heavy atom. The Morgan fingerprint density at radius 3 is 2.75 bits per heavy atom. The third kappa shape index (κ3) is 2.38. The number of rotatable bonds is 5. The molecule has 6 nitrogen and oxygen atoms in total. The third-order valence-electron chi connectivity index (χ3n) is 3.33. The Morgan fingerprint density at radius 2 is 2.25 bits per heavy atom. The molecule has 1 aliphatic rings. The average molecular weight is 225 g/mol. The molecule has 1 aliphatic carbocycles. The van der Waals surface area contributed by atoms with Crippen molar-refractivity contribution in [2.24, 2.45) is 13.0 Å². The van der Waals surface area contributed by atoms with Gasteiger partial charge in [-0.15, -0.1) is 5.10 Å². The molecule has 1 N–H and O–H groups in total. The van der Waals surface area contributed by atoms with Crippen LogP contribution in [0.25, 0.3) is 0 Å². The zero-order chi connectivity index (χ0) is 11.7. The molecule has 16 heavy (non-hydrogen) atoms. The predicted molar refractivity (Wildman–Crippen MR) is 58.6 cm³/mol. The van der Waals surface area contributed by atoms with Crippen LogP contribution in [0.15, 0.2) is 0 Å². The van der Waals surface area contributed by atoms with Gasteiger partial charge in [-0.05, 0) is 43.2 Å². The number of likely N-dealkylation sites (N-methyl/N-ethyl adjacent to an activating group) is 1. The van der Waals surface area contributed by atoms with Crippen LogP contribution in [0, 0.1) is 5.92 Å². The van der Waals surface area contributed by atoms with Gasteiger partial charge in [0.25, 0.3) is 0 Å². The summed E-state index contributed by atoms with van der Waals surface area (Å²) in [7, 11) is 3.82. The molecular weight excluding hydrogens is 206 g/mol. The Labute approximate surface area is 95.2 Å². The molecule has 1 aromatic heterocycles. The van der Waals surface area contributed by atoms with E-state index in [4.69, 9.17) is 0 Å². The number of hydrogen-bond donors (Lipinski definition) is 1. The van der Waals surface area contributed by atoms with Gasteiger partial charge >= 0.3 is 0 Å². The van der Waals surface area contributed by atoms with E-state index in [9.17, 15) is 5.11 Å². The fourth-order valence-corrected chi connectivity index (χ4v) is 1.87. The van der Waals surface area contributed by atoms with E-state index >= 15 is 0 Å². The van der Waals surface area contributed by atoms with Gasteiger partial charge in [0.15, 0.2) is 5.82 Å². The Kier molecular flexibility index (Phi) is 3.20. The van der Waals surface area contributed by atoms with Crippen LogP contribution in [-0.4, -0.2) is 49.9 Å². The minimum atomic E-state index is -0.214. The van der Waals surface area contributed by atoms with Gasteiger partial charge < -0.3 is 5.11 Å². The van der Waals surface area contributed by atoms with Gasteiger partial charge in [-0.1, -0.05) is 0 Å². The smallest absolute Gasteiger partial charge is 0.167 e. The second kappa shape index (κ2) is 4.47. The molecule has 1 aromatic rings. The first-order valence-electron chi connectivity index (χ1n) is 5.70. The van der Waals surface area contributed by atoms with Crippen molar-refractivity contribution in [2.75, 3.05) is 13.6 Å². The Balaban J connectivity index is 1.93. The molecule has 1 heterocycles. The maximum atomic E-state index is 9.87. The van der Waals surface area contributed by atoms with E-state index in [0.29, 0.717) is 12.5 Å². The van der Waals surface area contributed by atoms with E-state index in [0.717, 1.165) is 18.7 Å². The average Bonchev–Trinajstić information content (AvgIpc) is 3.01. The minimum absolute atomic E-state index is 0.119. The lowest BCUT2D eigenvalue weighted by molar-refractivity contribution is 0.0885. The number of aryl methyl sites for hydroxylation is 1. The molecule has 0 spiro atoms. The summed E-state index contributed by atoms with van der Waals surface area (Å²) >= 11 is 0. The van der Waals surface area contributed by atoms with Crippen LogP contribution in [0.2, 0.25) is 0 Å². The van der Waals surface area contributed by atoms with Crippen molar-refractivity contribution < 1.29 is 5.11 Å². The van der Waals surface area contributed by atoms with Gasteiger partial charge in [-0.2, -0.15) is 0 Å². The summed E-state index contributed by atoms with van der Waals surface area (Å²) < 4.78 is 1.67. The van der Waals surface area contributed by atoms with E-state index < -0.39 is 0 Å². The topological polar surface area (TPSA) is 67.1 Å². The van der Waals surface area contributed by atoms with Crippen LogP contribution in [0.1, 0.15) is 31.6 Å². The summed E-state index contributed by atoms with van der Waals surface area (Å²) in [6.07, 6.45) is 2.11. The Hall–Kier alpha value is -1.01. The standard InChI is InChI=1S/C10H19N5O/c1-7(10-11-12-13-15(10)3)14(2)6-9(16)8-4-5-8/h7-9,16H,4-6H2,1-3H3. The number of aliphatic hydroxyl groups excluding tert-OH is 1. The highest BCUT2D eigenvalue weighted by Gasteiger charge is 2.31. The molecule has 0 aliphatic heterocycles. The summed E-state index contributed by atoms with van der Waals surface area (Å²) in [4.78, 5) is 2.09. The van der Waals surface area contributed by atoms with Gasteiger partial charge in [0.05, 0.1) is 12.1 Å². The summed E-state index contributed by atoms with van der Waals surface area (Å²) in [5.74, 6) is 1.33. The molecular formula is C10H19N5O. The lowest BCUT2D eigenvalue weighted by Gasteiger charge is -2.25. The van der Waals surface area contributed by atoms with Crippen molar-refractivity contribution in [1.29, 1.82) is 0 Å². The van der Waals surface area contributed by atoms with E-state index in [-0.39, 0.29) is 12.1 Å². The number of aromatic nitrogens is 4. The highest BCUT2D eigenvalue weighted by molar-refractivity contribution is 4.91. The molecule has 0 bridgehead atoms. The fraction of sp³-hybridized carbons (Fsp3) is 0.900. The molecule has 1 fully saturated rings. The van der Waals surface area contributed by atoms with Crippen molar-refractivity contribution in [3.8, 4) is 0 Å². The van der Waals surface area contributed by atoms with Crippen molar-refractivity contribution >= 4 is 0 Å². The van der Waals surface area contributed by atoms with Gasteiger partial charge in [0.1, 0.15) is 0 Å². The first kappa shape index (κ1) is 11.5. The van der Waals surface area contributed by atoms with Crippen LogP contribution < -0.4 is 0 Å². The largest absolute Gasteiger partial charge is 0.392 e. The maximum absolute atomic E-state index is 9.87. The minimum Gasteiger partial charge on any atom is -0.392 e. The van der Waals surface area contributed by atoms with Crippen molar-refractivity contribution in [2.45, 2.75) is 31.9 Å². The molecule has 0 saturated heterocycles. The van der Waals surface area contributed by atoms with Gasteiger partial charge in [-0.3, -0.25) is 4.90 Å². The molecule has 0 aromatic carbocycles. The van der Waals surface area contributed by atoms with E-state index in [1.165, 1.54) is 0 Å². The molecule has 0 radical (unpaired) electrons. The molecule has 2 unspecified atom stereocenters. The SMILES string of the molecule is CC(c1nnnn1C)N(C)CC(O)C1CC1. The molecule has 1 saturated carbocycles. The molecule has 2 atom stereocenters. The van der Waals surface area contributed by atoms with Crippen molar-refractivity contribution in [3.63, 3.8) is 0 Å². The quantitative estimate of drug-likeness (QED) is 0.762. The normalized spacial score (nSPS) is 20.1. The number of hydrogen-bond acceptors (Lipinski definition) is 5. The van der Waals surface area contributed by atoms with Crippen LogP contribution in [0.5, 0.6) is 0 Å². The van der Waals surface area contributed by atoms with Gasteiger partial charge in [0.2, 0.25) is 0 Å². The maximum Gasteiger partial charge on any atom is 0.167 e. The molecule has 2 rings (SSSR count). The first-order valence-corrected chi connectivity index (χ1v) is 5.70. The summed E-state index contributed by atoms with van der Waals surface area (Å²) in [5, 5.41) is 21.3. The van der Waals surface area contributed by atoms with Crippen molar-refractivity contribution in [3.05, 3.63) is 5.82 Å². The fourth-order valence-electron chi connectivity index (χ4n) is 1.87. The predicted octanol–water partition coefficient (Wildman–Crippen LogP) is -0.0262.